The van der Waals surface area contributed by atoms with Crippen molar-refractivity contribution in [2.75, 3.05) is 6.54 Å². The standard InChI is InChI=1S/C23H32N2O/c1-2-24-21(17-19-10-5-6-12-22(19)24)14-13-20-11-7-15-25(20)23(26)16-18-8-3-4-9-18/h5-6,10,12,17-18,20H,2-4,7-9,11,13-16H2,1H3/t20-/m0/s1. The third kappa shape index (κ3) is 3.54. The van der Waals surface area contributed by atoms with Gasteiger partial charge in [0.05, 0.1) is 0 Å². The van der Waals surface area contributed by atoms with Gasteiger partial charge in [-0.15, -0.1) is 0 Å². The molecule has 3 nitrogen and oxygen atoms in total. The fraction of sp³-hybridized carbons (Fsp3) is 0.609. The van der Waals surface area contributed by atoms with E-state index >= 15 is 0 Å². The first-order valence-corrected chi connectivity index (χ1v) is 10.6. The fourth-order valence-electron chi connectivity index (χ4n) is 5.21. The summed E-state index contributed by atoms with van der Waals surface area (Å²) in [7, 11) is 0. The van der Waals surface area contributed by atoms with Crippen molar-refractivity contribution in [2.24, 2.45) is 5.92 Å². The van der Waals surface area contributed by atoms with Crippen molar-refractivity contribution in [1.82, 2.24) is 9.47 Å². The van der Waals surface area contributed by atoms with E-state index in [1.54, 1.807) is 0 Å². The molecule has 1 aromatic carbocycles. The number of fused-ring (bicyclic) bond motifs is 1. The van der Waals surface area contributed by atoms with E-state index in [0.29, 0.717) is 17.9 Å². The maximum Gasteiger partial charge on any atom is 0.223 e. The number of hydrogen-bond donors (Lipinski definition) is 0. The highest BCUT2D eigenvalue weighted by atomic mass is 16.2. The van der Waals surface area contributed by atoms with Crippen LogP contribution in [0.3, 0.4) is 0 Å². The summed E-state index contributed by atoms with van der Waals surface area (Å²) in [5, 5.41) is 1.34. The van der Waals surface area contributed by atoms with Crippen molar-refractivity contribution in [3.8, 4) is 0 Å². The first kappa shape index (κ1) is 17.6. The van der Waals surface area contributed by atoms with Gasteiger partial charge in [-0.1, -0.05) is 31.0 Å². The van der Waals surface area contributed by atoms with Crippen LogP contribution in [0.5, 0.6) is 0 Å². The van der Waals surface area contributed by atoms with Crippen molar-refractivity contribution in [2.45, 2.75) is 77.3 Å². The molecule has 2 aromatic rings. The van der Waals surface area contributed by atoms with Crippen LogP contribution in [0.15, 0.2) is 30.3 Å². The number of rotatable bonds is 6. The lowest BCUT2D eigenvalue weighted by Gasteiger charge is -2.26. The first-order chi connectivity index (χ1) is 12.8. The zero-order chi connectivity index (χ0) is 17.9. The normalized spacial score (nSPS) is 21.1. The van der Waals surface area contributed by atoms with Gasteiger partial charge in [0.25, 0.3) is 0 Å². The minimum Gasteiger partial charge on any atom is -0.345 e. The number of para-hydroxylation sites is 1. The number of amides is 1. The third-order valence-electron chi connectivity index (χ3n) is 6.58. The Morgan fingerprint density at radius 3 is 2.73 bits per heavy atom. The molecular formula is C23H32N2O. The molecule has 0 N–H and O–H groups in total. The van der Waals surface area contributed by atoms with Crippen LogP contribution in [-0.4, -0.2) is 28.0 Å². The van der Waals surface area contributed by atoms with E-state index in [1.165, 1.54) is 55.1 Å². The maximum absolute atomic E-state index is 12.8. The van der Waals surface area contributed by atoms with Gasteiger partial charge >= 0.3 is 0 Å². The smallest absolute Gasteiger partial charge is 0.223 e. The molecule has 140 valence electrons. The largest absolute Gasteiger partial charge is 0.345 e. The van der Waals surface area contributed by atoms with Gasteiger partial charge in [0.1, 0.15) is 0 Å². The second-order valence-corrected chi connectivity index (χ2v) is 8.22. The monoisotopic (exact) mass is 352 g/mol. The van der Waals surface area contributed by atoms with E-state index < -0.39 is 0 Å². The van der Waals surface area contributed by atoms with Crippen LogP contribution in [0.25, 0.3) is 10.9 Å². The summed E-state index contributed by atoms with van der Waals surface area (Å²) < 4.78 is 2.44. The molecule has 1 aliphatic carbocycles. The predicted octanol–water partition coefficient (Wildman–Crippen LogP) is 5.17. The lowest BCUT2D eigenvalue weighted by atomic mass is 10.0. The van der Waals surface area contributed by atoms with Crippen molar-refractivity contribution in [1.29, 1.82) is 0 Å². The molecule has 4 rings (SSSR count). The van der Waals surface area contributed by atoms with Gasteiger partial charge in [-0.25, -0.2) is 0 Å². The Morgan fingerprint density at radius 2 is 1.92 bits per heavy atom. The second kappa shape index (κ2) is 7.85. The van der Waals surface area contributed by atoms with Crippen LogP contribution in [0, 0.1) is 5.92 Å². The minimum atomic E-state index is 0.426. The Bertz CT molecular complexity index is 757. The zero-order valence-corrected chi connectivity index (χ0v) is 16.1. The van der Waals surface area contributed by atoms with Gasteiger partial charge < -0.3 is 9.47 Å². The summed E-state index contributed by atoms with van der Waals surface area (Å²) >= 11 is 0. The molecule has 1 saturated heterocycles. The number of benzene rings is 1. The van der Waals surface area contributed by atoms with Crippen LogP contribution in [0.2, 0.25) is 0 Å². The SMILES string of the molecule is CCn1c(CC[C@@H]2CCCN2C(=O)CC2CCCC2)cc2ccccc21. The number of nitrogens with zero attached hydrogens (tertiary/aromatic N) is 2. The van der Waals surface area contributed by atoms with Crippen LogP contribution in [-0.2, 0) is 17.8 Å². The molecule has 26 heavy (non-hydrogen) atoms. The highest BCUT2D eigenvalue weighted by Crippen LogP contribution is 2.31. The zero-order valence-electron chi connectivity index (χ0n) is 16.1. The molecule has 2 fully saturated rings. The van der Waals surface area contributed by atoms with Gasteiger partial charge in [0, 0.05) is 36.8 Å². The molecule has 0 spiro atoms. The molecule has 1 saturated carbocycles. The van der Waals surface area contributed by atoms with E-state index in [2.05, 4.69) is 46.7 Å². The number of likely N-dealkylation sites (tertiary alicyclic amines) is 1. The molecule has 0 bridgehead atoms. The molecule has 1 aromatic heterocycles. The fourth-order valence-corrected chi connectivity index (χ4v) is 5.21. The van der Waals surface area contributed by atoms with Gasteiger partial charge in [-0.3, -0.25) is 4.79 Å². The van der Waals surface area contributed by atoms with Gasteiger partial charge in [0.15, 0.2) is 0 Å². The number of carbonyl (C=O) groups is 1. The molecule has 3 heteroatoms. The van der Waals surface area contributed by atoms with Crippen LogP contribution in [0.4, 0.5) is 0 Å². The third-order valence-corrected chi connectivity index (χ3v) is 6.58. The Balaban J connectivity index is 1.41. The highest BCUT2D eigenvalue weighted by molar-refractivity contribution is 5.81. The predicted molar refractivity (Wildman–Crippen MR) is 107 cm³/mol. The van der Waals surface area contributed by atoms with Crippen molar-refractivity contribution < 1.29 is 4.79 Å². The average molecular weight is 353 g/mol. The lowest BCUT2D eigenvalue weighted by molar-refractivity contribution is -0.133. The Morgan fingerprint density at radius 1 is 1.12 bits per heavy atom. The van der Waals surface area contributed by atoms with Crippen molar-refractivity contribution in [3.63, 3.8) is 0 Å². The van der Waals surface area contributed by atoms with E-state index in [1.807, 2.05) is 0 Å². The quantitative estimate of drug-likeness (QED) is 0.704. The molecule has 1 amide bonds. The van der Waals surface area contributed by atoms with Crippen LogP contribution in [0.1, 0.15) is 64.0 Å². The topological polar surface area (TPSA) is 25.2 Å². The second-order valence-electron chi connectivity index (χ2n) is 8.22. The van der Waals surface area contributed by atoms with Gasteiger partial charge in [-0.05, 0) is 68.9 Å². The van der Waals surface area contributed by atoms with E-state index in [0.717, 1.165) is 32.4 Å². The summed E-state index contributed by atoms with van der Waals surface area (Å²) in [6, 6.07) is 11.5. The number of carbonyl (C=O) groups excluding carboxylic acids is 1. The molecule has 1 aliphatic heterocycles. The van der Waals surface area contributed by atoms with Crippen molar-refractivity contribution in [3.05, 3.63) is 36.0 Å². The number of hydrogen-bond acceptors (Lipinski definition) is 1. The van der Waals surface area contributed by atoms with Gasteiger partial charge in [0.2, 0.25) is 5.91 Å². The molecule has 2 aliphatic rings. The Kier molecular flexibility index (Phi) is 5.33. The molecular weight excluding hydrogens is 320 g/mol. The highest BCUT2D eigenvalue weighted by Gasteiger charge is 2.30. The van der Waals surface area contributed by atoms with Crippen LogP contribution >= 0.6 is 0 Å². The number of aromatic nitrogens is 1. The maximum atomic E-state index is 12.8. The first-order valence-electron chi connectivity index (χ1n) is 10.6. The van der Waals surface area contributed by atoms with Crippen molar-refractivity contribution >= 4 is 16.8 Å². The summed E-state index contributed by atoms with van der Waals surface area (Å²) in [5.41, 5.74) is 2.76. The molecule has 2 heterocycles. The average Bonchev–Trinajstić information content (AvgIpc) is 3.38. The summed E-state index contributed by atoms with van der Waals surface area (Å²) in [6.07, 6.45) is 10.5. The van der Waals surface area contributed by atoms with E-state index in [-0.39, 0.29) is 0 Å². The number of aryl methyl sites for hydroxylation is 2. The van der Waals surface area contributed by atoms with E-state index in [4.69, 9.17) is 0 Å². The molecule has 0 unspecified atom stereocenters. The summed E-state index contributed by atoms with van der Waals surface area (Å²) in [6.45, 7) is 4.22. The lowest BCUT2D eigenvalue weighted by Crippen LogP contribution is -2.36. The van der Waals surface area contributed by atoms with Gasteiger partial charge in [-0.2, -0.15) is 0 Å². The van der Waals surface area contributed by atoms with E-state index in [9.17, 15) is 4.79 Å². The molecule has 0 radical (unpaired) electrons. The summed E-state index contributed by atoms with van der Waals surface area (Å²) in [4.78, 5) is 15.0. The molecule has 1 atom stereocenters. The minimum absolute atomic E-state index is 0.426. The van der Waals surface area contributed by atoms with Crippen LogP contribution < -0.4 is 0 Å². The summed E-state index contributed by atoms with van der Waals surface area (Å²) in [5.74, 6) is 1.09. The Labute approximate surface area is 157 Å². The Hall–Kier alpha value is -1.77.